The standard InChI is InChI=1S/C10H19S/c1-2-9-11-10-7-5-3-4-6-8-10/h10H,1-9H2. The molecule has 0 aromatic heterocycles. The van der Waals surface area contributed by atoms with Crippen molar-refractivity contribution in [2.45, 2.75) is 50.2 Å². The predicted molar refractivity (Wildman–Crippen MR) is 53.9 cm³/mol. The van der Waals surface area contributed by atoms with Gasteiger partial charge in [-0.1, -0.05) is 32.6 Å². The van der Waals surface area contributed by atoms with E-state index in [1.54, 1.807) is 0 Å². The highest BCUT2D eigenvalue weighted by atomic mass is 32.2. The van der Waals surface area contributed by atoms with E-state index in [4.69, 9.17) is 0 Å². The molecular weight excluding hydrogens is 152 g/mol. The summed E-state index contributed by atoms with van der Waals surface area (Å²) in [4.78, 5) is 0. The minimum absolute atomic E-state index is 0.972. The molecule has 0 amide bonds. The third-order valence-corrected chi connectivity index (χ3v) is 3.77. The lowest BCUT2D eigenvalue weighted by Gasteiger charge is -2.11. The zero-order valence-electron chi connectivity index (χ0n) is 7.35. The average molecular weight is 171 g/mol. The van der Waals surface area contributed by atoms with Gasteiger partial charge in [-0.05, 0) is 25.0 Å². The van der Waals surface area contributed by atoms with Crippen molar-refractivity contribution in [3.05, 3.63) is 6.92 Å². The molecule has 1 aliphatic carbocycles. The normalized spacial score (nSPS) is 21.5. The van der Waals surface area contributed by atoms with Crippen molar-refractivity contribution in [3.8, 4) is 0 Å². The molecule has 0 aliphatic heterocycles. The Hall–Kier alpha value is 0.350. The van der Waals surface area contributed by atoms with Gasteiger partial charge in [-0.25, -0.2) is 0 Å². The van der Waals surface area contributed by atoms with Gasteiger partial charge >= 0.3 is 0 Å². The number of hydrogen-bond donors (Lipinski definition) is 0. The highest BCUT2D eigenvalue weighted by Gasteiger charge is 2.11. The lowest BCUT2D eigenvalue weighted by atomic mass is 10.2. The molecule has 0 aromatic rings. The number of rotatable bonds is 3. The summed E-state index contributed by atoms with van der Waals surface area (Å²) < 4.78 is 0. The van der Waals surface area contributed by atoms with Crippen LogP contribution in [0.25, 0.3) is 0 Å². The van der Waals surface area contributed by atoms with Crippen molar-refractivity contribution in [3.63, 3.8) is 0 Å². The Bertz CT molecular complexity index is 82.9. The van der Waals surface area contributed by atoms with E-state index in [0.29, 0.717) is 0 Å². The maximum absolute atomic E-state index is 3.87. The molecule has 1 aliphatic rings. The molecule has 0 aromatic carbocycles. The van der Waals surface area contributed by atoms with E-state index in [0.717, 1.165) is 11.7 Å². The summed E-state index contributed by atoms with van der Waals surface area (Å²) in [5.74, 6) is 1.27. The number of hydrogen-bond acceptors (Lipinski definition) is 1. The van der Waals surface area contributed by atoms with Crippen molar-refractivity contribution < 1.29 is 0 Å². The molecular formula is C10H19S. The van der Waals surface area contributed by atoms with Crippen LogP contribution >= 0.6 is 11.8 Å². The molecule has 0 unspecified atom stereocenters. The summed E-state index contributed by atoms with van der Waals surface area (Å²) in [5, 5.41) is 0.972. The van der Waals surface area contributed by atoms with Crippen LogP contribution in [0.5, 0.6) is 0 Å². The van der Waals surface area contributed by atoms with E-state index in [9.17, 15) is 0 Å². The fourth-order valence-corrected chi connectivity index (χ4v) is 2.83. The minimum Gasteiger partial charge on any atom is -0.159 e. The van der Waals surface area contributed by atoms with Crippen LogP contribution in [0.2, 0.25) is 0 Å². The first-order chi connectivity index (χ1) is 5.43. The molecule has 1 heteroatoms. The summed E-state index contributed by atoms with van der Waals surface area (Å²) >= 11 is 2.15. The average Bonchev–Trinajstić information content (AvgIpc) is 2.28. The summed E-state index contributed by atoms with van der Waals surface area (Å²) in [7, 11) is 0. The van der Waals surface area contributed by atoms with E-state index >= 15 is 0 Å². The Morgan fingerprint density at radius 2 is 1.73 bits per heavy atom. The largest absolute Gasteiger partial charge is 0.159 e. The molecule has 1 saturated carbocycles. The Kier molecular flexibility index (Phi) is 5.09. The zero-order valence-corrected chi connectivity index (χ0v) is 8.17. The molecule has 1 rings (SSSR count). The van der Waals surface area contributed by atoms with Crippen LogP contribution in [0.1, 0.15) is 44.9 Å². The second kappa shape index (κ2) is 5.93. The smallest absolute Gasteiger partial charge is 0.00470 e. The molecule has 11 heavy (non-hydrogen) atoms. The molecule has 1 radical (unpaired) electrons. The van der Waals surface area contributed by atoms with Crippen molar-refractivity contribution in [1.29, 1.82) is 0 Å². The highest BCUT2D eigenvalue weighted by molar-refractivity contribution is 7.99. The Morgan fingerprint density at radius 3 is 2.27 bits per heavy atom. The fraction of sp³-hybridized carbons (Fsp3) is 0.900. The van der Waals surface area contributed by atoms with Gasteiger partial charge in [0.15, 0.2) is 0 Å². The number of thioether (sulfide) groups is 1. The molecule has 65 valence electrons. The second-order valence-electron chi connectivity index (χ2n) is 3.34. The SMILES string of the molecule is [CH2]CCSC1CCCCCC1. The Balaban J connectivity index is 2.09. The molecule has 0 N–H and O–H groups in total. The molecule has 0 bridgehead atoms. The van der Waals surface area contributed by atoms with Gasteiger partial charge in [-0.2, -0.15) is 11.8 Å². The molecule has 0 spiro atoms. The van der Waals surface area contributed by atoms with Gasteiger partial charge in [0.05, 0.1) is 0 Å². The monoisotopic (exact) mass is 171 g/mol. The van der Waals surface area contributed by atoms with Crippen molar-refractivity contribution in [1.82, 2.24) is 0 Å². The van der Waals surface area contributed by atoms with Gasteiger partial charge in [0.1, 0.15) is 0 Å². The molecule has 1 fully saturated rings. The second-order valence-corrected chi connectivity index (χ2v) is 4.75. The summed E-state index contributed by atoms with van der Waals surface area (Å²) in [5.41, 5.74) is 0. The summed E-state index contributed by atoms with van der Waals surface area (Å²) in [6.45, 7) is 3.87. The first-order valence-corrected chi connectivity index (χ1v) is 5.89. The predicted octanol–water partition coefficient (Wildman–Crippen LogP) is 3.67. The van der Waals surface area contributed by atoms with Crippen molar-refractivity contribution in [2.75, 3.05) is 5.75 Å². The fourth-order valence-electron chi connectivity index (χ4n) is 1.66. The topological polar surface area (TPSA) is 0 Å². The van der Waals surface area contributed by atoms with Gasteiger partial charge < -0.3 is 0 Å². The van der Waals surface area contributed by atoms with Crippen LogP contribution < -0.4 is 0 Å². The Morgan fingerprint density at radius 1 is 1.09 bits per heavy atom. The lowest BCUT2D eigenvalue weighted by molar-refractivity contribution is 0.702. The maximum atomic E-state index is 3.87. The minimum atomic E-state index is 0.972. The maximum Gasteiger partial charge on any atom is 0.00470 e. The van der Waals surface area contributed by atoms with Crippen molar-refractivity contribution in [2.24, 2.45) is 0 Å². The summed E-state index contributed by atoms with van der Waals surface area (Å²) in [6, 6.07) is 0. The van der Waals surface area contributed by atoms with Crippen LogP contribution in [0.3, 0.4) is 0 Å². The van der Waals surface area contributed by atoms with E-state index < -0.39 is 0 Å². The van der Waals surface area contributed by atoms with E-state index in [2.05, 4.69) is 18.7 Å². The molecule has 0 atom stereocenters. The van der Waals surface area contributed by atoms with Gasteiger partial charge in [0.2, 0.25) is 0 Å². The van der Waals surface area contributed by atoms with E-state index in [1.807, 2.05) is 0 Å². The quantitative estimate of drug-likeness (QED) is 0.584. The van der Waals surface area contributed by atoms with Gasteiger partial charge in [-0.15, -0.1) is 0 Å². The lowest BCUT2D eigenvalue weighted by Crippen LogP contribution is -2.00. The molecule has 0 heterocycles. The third kappa shape index (κ3) is 4.05. The van der Waals surface area contributed by atoms with Crippen LogP contribution in [0, 0.1) is 6.92 Å². The first kappa shape index (κ1) is 9.44. The first-order valence-electron chi connectivity index (χ1n) is 4.84. The van der Waals surface area contributed by atoms with E-state index in [-0.39, 0.29) is 0 Å². The van der Waals surface area contributed by atoms with Gasteiger partial charge in [0, 0.05) is 5.25 Å². The van der Waals surface area contributed by atoms with E-state index in [1.165, 1.54) is 44.3 Å². The highest BCUT2D eigenvalue weighted by Crippen LogP contribution is 2.27. The zero-order chi connectivity index (χ0) is 7.94. The van der Waals surface area contributed by atoms with Gasteiger partial charge in [-0.3, -0.25) is 0 Å². The van der Waals surface area contributed by atoms with Crippen LogP contribution in [-0.4, -0.2) is 11.0 Å². The molecule has 0 nitrogen and oxygen atoms in total. The van der Waals surface area contributed by atoms with Crippen LogP contribution in [0.15, 0.2) is 0 Å². The molecule has 0 saturated heterocycles. The summed E-state index contributed by atoms with van der Waals surface area (Å²) in [6.07, 6.45) is 9.91. The van der Waals surface area contributed by atoms with Gasteiger partial charge in [0.25, 0.3) is 0 Å². The Labute approximate surface area is 75.1 Å². The van der Waals surface area contributed by atoms with Crippen LogP contribution in [0.4, 0.5) is 0 Å². The van der Waals surface area contributed by atoms with Crippen molar-refractivity contribution >= 4 is 11.8 Å². The van der Waals surface area contributed by atoms with Crippen LogP contribution in [-0.2, 0) is 0 Å². The third-order valence-electron chi connectivity index (χ3n) is 2.30.